The summed E-state index contributed by atoms with van der Waals surface area (Å²) in [7, 11) is 0. The van der Waals surface area contributed by atoms with Gasteiger partial charge in [0.2, 0.25) is 0 Å². The van der Waals surface area contributed by atoms with E-state index in [1.807, 2.05) is 6.07 Å². The molecule has 0 aliphatic carbocycles. The number of hydrogen-bond acceptors (Lipinski definition) is 1. The minimum absolute atomic E-state index is 0.0353. The average Bonchev–Trinajstić information content (AvgIpc) is 2.80. The molecule has 2 aromatic rings. The predicted octanol–water partition coefficient (Wildman–Crippen LogP) is 4.67. The molecular weight excluding hydrogens is 298 g/mol. The molecule has 0 radical (unpaired) electrons. The van der Waals surface area contributed by atoms with Crippen molar-refractivity contribution >= 4 is 27.8 Å². The van der Waals surface area contributed by atoms with Gasteiger partial charge in [0, 0.05) is 16.5 Å². The van der Waals surface area contributed by atoms with Crippen LogP contribution < -0.4 is 0 Å². The van der Waals surface area contributed by atoms with Crippen LogP contribution in [0.25, 0.3) is 0 Å². The van der Waals surface area contributed by atoms with Gasteiger partial charge in [-0.2, -0.15) is 0 Å². The third-order valence-electron chi connectivity index (χ3n) is 3.86. The van der Waals surface area contributed by atoms with Crippen molar-refractivity contribution in [3.8, 4) is 0 Å². The Hall–Kier alpha value is -1.41. The van der Waals surface area contributed by atoms with Crippen LogP contribution in [-0.2, 0) is 11.8 Å². The van der Waals surface area contributed by atoms with Crippen LogP contribution in [0.2, 0.25) is 0 Å². The Morgan fingerprint density at radius 2 is 1.74 bits per heavy atom. The SMILES string of the molecule is CC1(C(Br)Cc2ccccc2)C=Nc2ccccc21. The standard InChI is InChI=1S/C17H16BrN/c1-17(12-19-15-10-6-5-9-14(15)17)16(18)11-13-7-3-2-4-8-13/h2-10,12,16H,11H2,1H3. The van der Waals surface area contributed by atoms with Crippen LogP contribution in [0.15, 0.2) is 59.6 Å². The third-order valence-corrected chi connectivity index (χ3v) is 5.14. The van der Waals surface area contributed by atoms with Crippen molar-refractivity contribution in [2.24, 2.45) is 4.99 Å². The van der Waals surface area contributed by atoms with E-state index >= 15 is 0 Å². The molecule has 2 aromatic carbocycles. The van der Waals surface area contributed by atoms with Gasteiger partial charge in [-0.1, -0.05) is 64.5 Å². The molecule has 0 saturated heterocycles. The lowest BCUT2D eigenvalue weighted by Crippen LogP contribution is -2.33. The van der Waals surface area contributed by atoms with Crippen LogP contribution in [0.1, 0.15) is 18.1 Å². The molecule has 0 saturated carbocycles. The normalized spacial score (nSPS) is 22.2. The highest BCUT2D eigenvalue weighted by Gasteiger charge is 2.37. The van der Waals surface area contributed by atoms with E-state index in [4.69, 9.17) is 0 Å². The fourth-order valence-electron chi connectivity index (χ4n) is 2.60. The first-order valence-corrected chi connectivity index (χ1v) is 7.44. The maximum atomic E-state index is 4.56. The molecule has 0 aromatic heterocycles. The second kappa shape index (κ2) is 4.93. The summed E-state index contributed by atoms with van der Waals surface area (Å²) in [5.41, 5.74) is 3.73. The maximum absolute atomic E-state index is 4.56. The summed E-state index contributed by atoms with van der Waals surface area (Å²) in [5, 5.41) is 0. The zero-order valence-electron chi connectivity index (χ0n) is 10.9. The number of nitrogens with zero attached hydrogens (tertiary/aromatic N) is 1. The average molecular weight is 314 g/mol. The molecule has 1 nitrogen and oxygen atoms in total. The van der Waals surface area contributed by atoms with Gasteiger partial charge in [-0.15, -0.1) is 0 Å². The molecule has 0 N–H and O–H groups in total. The highest BCUT2D eigenvalue weighted by Crippen LogP contribution is 2.42. The van der Waals surface area contributed by atoms with Gasteiger partial charge in [0.1, 0.15) is 0 Å². The van der Waals surface area contributed by atoms with Gasteiger partial charge in [0.15, 0.2) is 0 Å². The Balaban J connectivity index is 1.88. The van der Waals surface area contributed by atoms with E-state index in [1.165, 1.54) is 11.1 Å². The molecule has 0 fully saturated rings. The number of fused-ring (bicyclic) bond motifs is 1. The summed E-state index contributed by atoms with van der Waals surface area (Å²) >= 11 is 3.88. The molecule has 0 spiro atoms. The van der Waals surface area contributed by atoms with Crippen molar-refractivity contribution in [2.45, 2.75) is 23.6 Å². The second-order valence-corrected chi connectivity index (χ2v) is 6.32. The quantitative estimate of drug-likeness (QED) is 0.730. The van der Waals surface area contributed by atoms with Crippen LogP contribution in [-0.4, -0.2) is 11.0 Å². The summed E-state index contributed by atoms with van der Waals surface area (Å²) in [6, 6.07) is 19.0. The number of rotatable bonds is 3. The number of para-hydroxylation sites is 1. The lowest BCUT2D eigenvalue weighted by molar-refractivity contribution is 0.624. The first-order valence-electron chi connectivity index (χ1n) is 6.53. The zero-order valence-corrected chi connectivity index (χ0v) is 12.5. The fourth-order valence-corrected chi connectivity index (χ4v) is 3.34. The minimum Gasteiger partial charge on any atom is -0.260 e. The highest BCUT2D eigenvalue weighted by atomic mass is 79.9. The lowest BCUT2D eigenvalue weighted by Gasteiger charge is -2.28. The van der Waals surface area contributed by atoms with Crippen LogP contribution in [0.4, 0.5) is 5.69 Å². The second-order valence-electron chi connectivity index (χ2n) is 5.22. The third kappa shape index (κ3) is 2.25. The molecular formula is C17H16BrN. The van der Waals surface area contributed by atoms with E-state index in [0.717, 1.165) is 12.1 Å². The first-order chi connectivity index (χ1) is 9.20. The van der Waals surface area contributed by atoms with Crippen molar-refractivity contribution < 1.29 is 0 Å². The minimum atomic E-state index is -0.0353. The van der Waals surface area contributed by atoms with Gasteiger partial charge in [0.05, 0.1) is 5.69 Å². The van der Waals surface area contributed by atoms with Gasteiger partial charge in [0.25, 0.3) is 0 Å². The summed E-state index contributed by atoms with van der Waals surface area (Å²) in [6.45, 7) is 2.25. The number of halogens is 1. The molecule has 2 atom stereocenters. The van der Waals surface area contributed by atoms with Crippen molar-refractivity contribution in [1.82, 2.24) is 0 Å². The van der Waals surface area contributed by atoms with Crippen LogP contribution in [0, 0.1) is 0 Å². The van der Waals surface area contributed by atoms with Crippen molar-refractivity contribution in [1.29, 1.82) is 0 Å². The molecule has 1 heterocycles. The molecule has 2 heteroatoms. The monoisotopic (exact) mass is 313 g/mol. The molecule has 2 unspecified atom stereocenters. The summed E-state index contributed by atoms with van der Waals surface area (Å²) < 4.78 is 0. The van der Waals surface area contributed by atoms with Gasteiger partial charge < -0.3 is 0 Å². The highest BCUT2D eigenvalue weighted by molar-refractivity contribution is 9.09. The Morgan fingerprint density at radius 1 is 1.05 bits per heavy atom. The number of benzene rings is 2. The van der Waals surface area contributed by atoms with Crippen molar-refractivity contribution in [3.05, 3.63) is 65.7 Å². The Bertz CT molecular complexity index is 606. The molecule has 1 aliphatic rings. The van der Waals surface area contributed by atoms with Crippen LogP contribution in [0.3, 0.4) is 0 Å². The molecule has 3 rings (SSSR count). The van der Waals surface area contributed by atoms with Gasteiger partial charge in [-0.25, -0.2) is 0 Å². The van der Waals surface area contributed by atoms with Gasteiger partial charge in [-0.05, 0) is 30.5 Å². The fraction of sp³-hybridized carbons (Fsp3) is 0.235. The van der Waals surface area contributed by atoms with E-state index in [1.54, 1.807) is 0 Å². The number of aliphatic imine (C=N–C) groups is 1. The van der Waals surface area contributed by atoms with E-state index in [2.05, 4.69) is 82.6 Å². The summed E-state index contributed by atoms with van der Waals surface area (Å²) in [4.78, 5) is 4.90. The van der Waals surface area contributed by atoms with Crippen molar-refractivity contribution in [3.63, 3.8) is 0 Å². The van der Waals surface area contributed by atoms with Crippen molar-refractivity contribution in [2.75, 3.05) is 0 Å². The van der Waals surface area contributed by atoms with Gasteiger partial charge >= 0.3 is 0 Å². The topological polar surface area (TPSA) is 12.4 Å². The summed E-state index contributed by atoms with van der Waals surface area (Å²) in [6.07, 6.45) is 3.08. The van der Waals surface area contributed by atoms with Gasteiger partial charge in [-0.3, -0.25) is 4.99 Å². The molecule has 0 bridgehead atoms. The zero-order chi connectivity index (χ0) is 13.3. The Labute approximate surface area is 122 Å². The lowest BCUT2D eigenvalue weighted by atomic mass is 9.79. The Kier molecular flexibility index (Phi) is 3.28. The Morgan fingerprint density at radius 3 is 2.53 bits per heavy atom. The van der Waals surface area contributed by atoms with Crippen LogP contribution in [0.5, 0.6) is 0 Å². The largest absolute Gasteiger partial charge is 0.260 e. The molecule has 1 aliphatic heterocycles. The molecule has 19 heavy (non-hydrogen) atoms. The van der Waals surface area contributed by atoms with E-state index < -0.39 is 0 Å². The van der Waals surface area contributed by atoms with E-state index in [0.29, 0.717) is 4.83 Å². The predicted molar refractivity (Wildman–Crippen MR) is 84.8 cm³/mol. The first kappa shape index (κ1) is 12.6. The summed E-state index contributed by atoms with van der Waals surface area (Å²) in [5.74, 6) is 0. The molecule has 0 amide bonds. The smallest absolute Gasteiger partial charge is 0.0667 e. The van der Waals surface area contributed by atoms with E-state index in [9.17, 15) is 0 Å². The number of hydrogen-bond donors (Lipinski definition) is 0. The van der Waals surface area contributed by atoms with E-state index in [-0.39, 0.29) is 5.41 Å². The number of alkyl halides is 1. The maximum Gasteiger partial charge on any atom is 0.0667 e. The molecule has 96 valence electrons. The van der Waals surface area contributed by atoms with Crippen LogP contribution >= 0.6 is 15.9 Å².